The van der Waals surface area contributed by atoms with Crippen LogP contribution in [0.4, 0.5) is 0 Å². The van der Waals surface area contributed by atoms with Crippen molar-refractivity contribution < 1.29 is 22.3 Å². The van der Waals surface area contributed by atoms with Crippen molar-refractivity contribution in [2.45, 2.75) is 16.6 Å². The molecule has 1 unspecified atom stereocenters. The minimum Gasteiger partial charge on any atom is -0.454 e. The normalized spacial score (nSPS) is 20.1. The molecule has 5 rings (SSSR count). The van der Waals surface area contributed by atoms with Gasteiger partial charge in [-0.2, -0.15) is 16.1 Å². The van der Waals surface area contributed by atoms with Gasteiger partial charge < -0.3 is 13.9 Å². The molecule has 2 aromatic carbocycles. The zero-order valence-corrected chi connectivity index (χ0v) is 16.9. The molecule has 1 fully saturated rings. The summed E-state index contributed by atoms with van der Waals surface area (Å²) < 4.78 is 43.6. The van der Waals surface area contributed by atoms with Crippen LogP contribution < -0.4 is 15.2 Å². The number of sulfonamides is 1. The Bertz CT molecular complexity index is 1230. The van der Waals surface area contributed by atoms with E-state index in [-0.39, 0.29) is 16.9 Å². The molecular weight excluding hydrogens is 416 g/mol. The number of aromatic amines is 1. The number of fused-ring (bicyclic) bond motifs is 2. The highest BCUT2D eigenvalue weighted by Crippen LogP contribution is 2.40. The maximum Gasteiger partial charge on any atom is 0.417 e. The summed E-state index contributed by atoms with van der Waals surface area (Å²) in [6.45, 7) is 1.07. The largest absolute Gasteiger partial charge is 0.454 e. The Morgan fingerprint density at radius 2 is 1.93 bits per heavy atom. The van der Waals surface area contributed by atoms with Gasteiger partial charge in [0.05, 0.1) is 10.4 Å². The fraction of sp³-hybridized carbons (Fsp3) is 0.316. The zero-order chi connectivity index (χ0) is 20.0. The van der Waals surface area contributed by atoms with E-state index in [0.717, 1.165) is 17.1 Å². The predicted molar refractivity (Wildman–Crippen MR) is 108 cm³/mol. The lowest BCUT2D eigenvalue weighted by Gasteiger charge is -2.20. The molecule has 1 saturated heterocycles. The van der Waals surface area contributed by atoms with Gasteiger partial charge >= 0.3 is 5.76 Å². The third-order valence-corrected chi connectivity index (χ3v) is 8.32. The second kappa shape index (κ2) is 7.12. The molecule has 2 aliphatic rings. The van der Waals surface area contributed by atoms with Crippen LogP contribution in [0.25, 0.3) is 11.1 Å². The summed E-state index contributed by atoms with van der Waals surface area (Å²) in [5.74, 6) is 1.55. The summed E-state index contributed by atoms with van der Waals surface area (Å²) in [5, 5.41) is 0.178. The molecule has 1 N–H and O–H groups in total. The molecule has 0 aliphatic carbocycles. The molecule has 3 aromatic rings. The number of ether oxygens (including phenoxy) is 2. The van der Waals surface area contributed by atoms with Crippen LogP contribution in [0.15, 0.2) is 50.5 Å². The summed E-state index contributed by atoms with van der Waals surface area (Å²) in [4.78, 5) is 14.0. The number of aromatic nitrogens is 1. The number of hydrogen-bond donors (Lipinski definition) is 1. The summed E-state index contributed by atoms with van der Waals surface area (Å²) >= 11 is 1.74. The van der Waals surface area contributed by atoms with Crippen molar-refractivity contribution in [3.63, 3.8) is 0 Å². The van der Waals surface area contributed by atoms with Gasteiger partial charge in [-0.3, -0.25) is 4.98 Å². The smallest absolute Gasteiger partial charge is 0.417 e. The first-order valence-corrected chi connectivity index (χ1v) is 11.6. The maximum absolute atomic E-state index is 13.1. The van der Waals surface area contributed by atoms with E-state index in [1.54, 1.807) is 11.8 Å². The van der Waals surface area contributed by atoms with Crippen LogP contribution in [-0.2, 0) is 10.0 Å². The van der Waals surface area contributed by atoms with Crippen molar-refractivity contribution in [3.8, 4) is 11.5 Å². The molecule has 0 amide bonds. The summed E-state index contributed by atoms with van der Waals surface area (Å²) in [6, 6.07) is 10.3. The molecule has 0 radical (unpaired) electrons. The molecule has 1 atom stereocenters. The van der Waals surface area contributed by atoms with Crippen molar-refractivity contribution >= 4 is 32.9 Å². The summed E-state index contributed by atoms with van der Waals surface area (Å²) in [5.41, 5.74) is 1.82. The number of thioether (sulfide) groups is 1. The SMILES string of the molecule is O=c1[nH]c2cc(S(=O)(=O)N3CCSC(c4ccc5c(c4)OCO5)CC3)ccc2o1. The maximum atomic E-state index is 13.1. The van der Waals surface area contributed by atoms with E-state index in [4.69, 9.17) is 13.9 Å². The van der Waals surface area contributed by atoms with Gasteiger partial charge in [-0.1, -0.05) is 6.07 Å². The van der Waals surface area contributed by atoms with E-state index in [1.807, 2.05) is 18.2 Å². The van der Waals surface area contributed by atoms with E-state index >= 15 is 0 Å². The van der Waals surface area contributed by atoms with Crippen molar-refractivity contribution in [1.29, 1.82) is 0 Å². The highest BCUT2D eigenvalue weighted by molar-refractivity contribution is 7.99. The number of benzene rings is 2. The average Bonchev–Trinajstić information content (AvgIpc) is 3.23. The Balaban J connectivity index is 1.37. The molecule has 29 heavy (non-hydrogen) atoms. The third kappa shape index (κ3) is 3.41. The molecule has 10 heteroatoms. The van der Waals surface area contributed by atoms with E-state index in [2.05, 4.69) is 4.98 Å². The lowest BCUT2D eigenvalue weighted by molar-refractivity contribution is 0.174. The van der Waals surface area contributed by atoms with Crippen LogP contribution in [0, 0.1) is 0 Å². The predicted octanol–water partition coefficient (Wildman–Crippen LogP) is 2.72. The summed E-state index contributed by atoms with van der Waals surface area (Å²) in [7, 11) is -3.67. The lowest BCUT2D eigenvalue weighted by atomic mass is 10.1. The molecule has 1 aromatic heterocycles. The van der Waals surface area contributed by atoms with Gasteiger partial charge in [-0.05, 0) is 42.3 Å². The van der Waals surface area contributed by atoms with E-state index in [0.29, 0.717) is 36.4 Å². The molecule has 0 spiro atoms. The van der Waals surface area contributed by atoms with Crippen LogP contribution in [-0.4, -0.2) is 43.3 Å². The van der Waals surface area contributed by atoms with Crippen LogP contribution in [0.2, 0.25) is 0 Å². The van der Waals surface area contributed by atoms with Crippen molar-refractivity contribution in [2.75, 3.05) is 25.6 Å². The number of oxazole rings is 1. The van der Waals surface area contributed by atoms with Crippen LogP contribution in [0.5, 0.6) is 11.5 Å². The van der Waals surface area contributed by atoms with E-state index in [1.165, 1.54) is 22.5 Å². The minimum absolute atomic E-state index is 0.147. The Morgan fingerprint density at radius 1 is 1.07 bits per heavy atom. The number of nitrogens with zero attached hydrogens (tertiary/aromatic N) is 1. The highest BCUT2D eigenvalue weighted by Gasteiger charge is 2.29. The van der Waals surface area contributed by atoms with Gasteiger partial charge in [0, 0.05) is 24.1 Å². The quantitative estimate of drug-likeness (QED) is 0.676. The van der Waals surface area contributed by atoms with Gasteiger partial charge in [0.25, 0.3) is 0 Å². The Kier molecular flexibility index (Phi) is 4.56. The molecule has 152 valence electrons. The van der Waals surface area contributed by atoms with Crippen molar-refractivity contribution in [1.82, 2.24) is 9.29 Å². The Hall–Kier alpha value is -2.43. The molecule has 0 bridgehead atoms. The Labute approximate surface area is 170 Å². The molecule has 8 nitrogen and oxygen atoms in total. The van der Waals surface area contributed by atoms with Crippen LogP contribution in [0.3, 0.4) is 0 Å². The van der Waals surface area contributed by atoms with Crippen molar-refractivity contribution in [3.05, 3.63) is 52.5 Å². The third-order valence-electron chi connectivity index (χ3n) is 5.10. The number of nitrogens with one attached hydrogen (secondary N) is 1. The van der Waals surface area contributed by atoms with E-state index < -0.39 is 15.8 Å². The topological polar surface area (TPSA) is 102 Å². The number of hydrogen-bond acceptors (Lipinski definition) is 7. The first-order valence-electron chi connectivity index (χ1n) is 9.15. The van der Waals surface area contributed by atoms with Gasteiger partial charge in [0.2, 0.25) is 16.8 Å². The van der Waals surface area contributed by atoms with Gasteiger partial charge in [0.1, 0.15) is 0 Å². The van der Waals surface area contributed by atoms with E-state index in [9.17, 15) is 13.2 Å². The first-order chi connectivity index (χ1) is 14.0. The minimum atomic E-state index is -3.67. The second-order valence-corrected chi connectivity index (χ2v) is 10.1. The molecule has 2 aliphatic heterocycles. The van der Waals surface area contributed by atoms with Gasteiger partial charge in [-0.15, -0.1) is 0 Å². The fourth-order valence-corrected chi connectivity index (χ4v) is 6.43. The van der Waals surface area contributed by atoms with Gasteiger partial charge in [0.15, 0.2) is 17.1 Å². The second-order valence-electron chi connectivity index (χ2n) is 6.84. The first kappa shape index (κ1) is 18.6. The average molecular weight is 434 g/mol. The Morgan fingerprint density at radius 3 is 2.83 bits per heavy atom. The highest BCUT2D eigenvalue weighted by atomic mass is 32.2. The lowest BCUT2D eigenvalue weighted by Crippen LogP contribution is -2.33. The van der Waals surface area contributed by atoms with Gasteiger partial charge in [-0.25, -0.2) is 13.2 Å². The number of H-pyrrole nitrogens is 1. The molecule has 3 heterocycles. The number of rotatable bonds is 3. The molecular formula is C19H18N2O6S2. The summed E-state index contributed by atoms with van der Waals surface area (Å²) in [6.07, 6.45) is 0.689. The zero-order valence-electron chi connectivity index (χ0n) is 15.3. The van der Waals surface area contributed by atoms with Crippen LogP contribution >= 0.6 is 11.8 Å². The standard InChI is InChI=1S/C19H18N2O6S2/c22-19-20-14-10-13(2-4-15(14)27-19)29(23,24)21-6-5-18(28-8-7-21)12-1-3-16-17(9-12)26-11-25-16/h1-4,9-10,18H,5-8,11H2,(H,20,22). The molecule has 0 saturated carbocycles. The van der Waals surface area contributed by atoms with Crippen LogP contribution in [0.1, 0.15) is 17.2 Å². The fourth-order valence-electron chi connectivity index (χ4n) is 3.61. The monoisotopic (exact) mass is 434 g/mol. The van der Waals surface area contributed by atoms with Crippen molar-refractivity contribution in [2.24, 2.45) is 0 Å².